The van der Waals surface area contributed by atoms with E-state index in [-0.39, 0.29) is 29.0 Å². The fourth-order valence-corrected chi connectivity index (χ4v) is 4.37. The molecule has 1 heterocycles. The van der Waals surface area contributed by atoms with Crippen molar-refractivity contribution in [1.29, 1.82) is 0 Å². The molecular weight excluding hydrogens is 379 g/mol. The Kier molecular flexibility index (Phi) is 6.94. The van der Waals surface area contributed by atoms with Crippen LogP contribution in [0.25, 0.3) is 0 Å². The fourth-order valence-electron chi connectivity index (χ4n) is 3.29. The Bertz CT molecular complexity index is 743. The first-order valence-corrected chi connectivity index (χ1v) is 10.5. The molecule has 5 nitrogen and oxygen atoms in total. The van der Waals surface area contributed by atoms with Gasteiger partial charge in [0.25, 0.3) is 0 Å². The molecule has 0 spiro atoms. The number of piperazine rings is 1. The number of halogens is 3. The lowest BCUT2D eigenvalue weighted by molar-refractivity contribution is -0.138. The number of likely N-dealkylation sites (N-methyl/N-ethyl adjacent to an activating group) is 1. The van der Waals surface area contributed by atoms with Crippen molar-refractivity contribution in [2.45, 2.75) is 37.9 Å². The Balaban J connectivity index is 2.15. The van der Waals surface area contributed by atoms with Gasteiger partial charge in [0.05, 0.1) is 10.5 Å². The van der Waals surface area contributed by atoms with Gasteiger partial charge in [-0.1, -0.05) is 19.9 Å². The minimum absolute atomic E-state index is 0.000978. The third-order valence-electron chi connectivity index (χ3n) is 5.08. The molecule has 1 aromatic carbocycles. The van der Waals surface area contributed by atoms with E-state index in [9.17, 15) is 21.6 Å². The minimum Gasteiger partial charge on any atom is -0.304 e. The number of nitrogens with one attached hydrogen (secondary N) is 1. The molecule has 1 aromatic rings. The SMILES string of the molecule is Cc1ccc(S(=O)(=O)NCC(C(C)C)N2CCN(C)CC2)cc1C(F)(F)F. The van der Waals surface area contributed by atoms with Gasteiger partial charge in [0.15, 0.2) is 0 Å². The van der Waals surface area contributed by atoms with Gasteiger partial charge in [0, 0.05) is 38.8 Å². The van der Waals surface area contributed by atoms with E-state index in [1.165, 1.54) is 19.1 Å². The molecule has 154 valence electrons. The summed E-state index contributed by atoms with van der Waals surface area (Å²) >= 11 is 0. The molecule has 0 bridgehead atoms. The van der Waals surface area contributed by atoms with Gasteiger partial charge in [-0.15, -0.1) is 0 Å². The second-order valence-corrected chi connectivity index (χ2v) is 9.24. The van der Waals surface area contributed by atoms with Crippen molar-refractivity contribution in [1.82, 2.24) is 14.5 Å². The van der Waals surface area contributed by atoms with Crippen molar-refractivity contribution in [3.8, 4) is 0 Å². The van der Waals surface area contributed by atoms with Crippen LogP contribution in [0.15, 0.2) is 23.1 Å². The predicted octanol–water partition coefficient (Wildman–Crippen LogP) is 2.56. The van der Waals surface area contributed by atoms with Crippen LogP contribution in [0.5, 0.6) is 0 Å². The molecule has 0 aromatic heterocycles. The van der Waals surface area contributed by atoms with Crippen LogP contribution in [0.2, 0.25) is 0 Å². The van der Waals surface area contributed by atoms with Gasteiger partial charge in [-0.25, -0.2) is 13.1 Å². The number of aryl methyl sites for hydroxylation is 1. The average Bonchev–Trinajstić information content (AvgIpc) is 2.55. The van der Waals surface area contributed by atoms with E-state index in [1.807, 2.05) is 20.9 Å². The van der Waals surface area contributed by atoms with Gasteiger partial charge in [0.2, 0.25) is 10.0 Å². The zero-order valence-electron chi connectivity index (χ0n) is 16.2. The Morgan fingerprint density at radius 1 is 1.15 bits per heavy atom. The van der Waals surface area contributed by atoms with E-state index in [2.05, 4.69) is 14.5 Å². The van der Waals surface area contributed by atoms with Crippen LogP contribution in [-0.2, 0) is 16.2 Å². The lowest BCUT2D eigenvalue weighted by atomic mass is 10.0. The molecule has 2 rings (SSSR count). The summed E-state index contributed by atoms with van der Waals surface area (Å²) in [4.78, 5) is 4.09. The van der Waals surface area contributed by atoms with Gasteiger partial charge >= 0.3 is 6.18 Å². The third-order valence-corrected chi connectivity index (χ3v) is 6.50. The maximum Gasteiger partial charge on any atom is 0.416 e. The fraction of sp³-hybridized carbons (Fsp3) is 0.667. The number of sulfonamides is 1. The van der Waals surface area contributed by atoms with Crippen LogP contribution >= 0.6 is 0 Å². The zero-order chi connectivity index (χ0) is 20.4. The van der Waals surface area contributed by atoms with Crippen LogP contribution in [0.1, 0.15) is 25.0 Å². The second-order valence-electron chi connectivity index (χ2n) is 7.48. The third kappa shape index (κ3) is 5.66. The van der Waals surface area contributed by atoms with Crippen molar-refractivity contribution < 1.29 is 21.6 Å². The van der Waals surface area contributed by atoms with Crippen LogP contribution in [0, 0.1) is 12.8 Å². The number of hydrogen-bond acceptors (Lipinski definition) is 4. The molecule has 1 aliphatic rings. The van der Waals surface area contributed by atoms with Gasteiger partial charge in [-0.2, -0.15) is 13.2 Å². The molecule has 1 saturated heterocycles. The van der Waals surface area contributed by atoms with Crippen molar-refractivity contribution in [3.05, 3.63) is 29.3 Å². The Hall–Kier alpha value is -1.16. The van der Waals surface area contributed by atoms with Crippen LogP contribution in [0.3, 0.4) is 0 Å². The van der Waals surface area contributed by atoms with E-state index in [0.717, 1.165) is 26.2 Å². The molecular formula is C18H28F3N3O2S. The highest BCUT2D eigenvalue weighted by molar-refractivity contribution is 7.89. The summed E-state index contributed by atoms with van der Waals surface area (Å²) in [6, 6.07) is 3.10. The summed E-state index contributed by atoms with van der Waals surface area (Å²) in [7, 11) is -1.98. The number of hydrogen-bond donors (Lipinski definition) is 1. The van der Waals surface area contributed by atoms with E-state index in [1.54, 1.807) is 0 Å². The highest BCUT2D eigenvalue weighted by atomic mass is 32.2. The smallest absolute Gasteiger partial charge is 0.304 e. The molecule has 27 heavy (non-hydrogen) atoms. The van der Waals surface area contributed by atoms with Gasteiger partial charge < -0.3 is 4.90 Å². The zero-order valence-corrected chi connectivity index (χ0v) is 17.0. The maximum absolute atomic E-state index is 13.1. The van der Waals surface area contributed by atoms with Gasteiger partial charge in [-0.3, -0.25) is 4.90 Å². The summed E-state index contributed by atoms with van der Waals surface area (Å²) in [5.41, 5.74) is -0.927. The highest BCUT2D eigenvalue weighted by Gasteiger charge is 2.34. The largest absolute Gasteiger partial charge is 0.416 e. The summed E-state index contributed by atoms with van der Waals surface area (Å²) in [5.74, 6) is 0.208. The maximum atomic E-state index is 13.1. The van der Waals surface area contributed by atoms with Crippen LogP contribution in [-0.4, -0.2) is 64.0 Å². The van der Waals surface area contributed by atoms with Crippen molar-refractivity contribution in [2.75, 3.05) is 39.8 Å². The number of rotatable bonds is 6. The molecule has 0 radical (unpaired) electrons. The lowest BCUT2D eigenvalue weighted by Crippen LogP contribution is -2.54. The van der Waals surface area contributed by atoms with E-state index >= 15 is 0 Å². The van der Waals surface area contributed by atoms with Crippen molar-refractivity contribution in [3.63, 3.8) is 0 Å². The molecule has 1 unspecified atom stereocenters. The molecule has 9 heteroatoms. The molecule has 1 aliphatic heterocycles. The van der Waals surface area contributed by atoms with Crippen molar-refractivity contribution >= 4 is 10.0 Å². The first-order valence-electron chi connectivity index (χ1n) is 9.02. The van der Waals surface area contributed by atoms with Crippen LogP contribution in [0.4, 0.5) is 13.2 Å². The topological polar surface area (TPSA) is 52.7 Å². The van der Waals surface area contributed by atoms with E-state index in [4.69, 9.17) is 0 Å². The Labute approximate surface area is 159 Å². The molecule has 0 aliphatic carbocycles. The quantitative estimate of drug-likeness (QED) is 0.788. The first kappa shape index (κ1) is 22.1. The highest BCUT2D eigenvalue weighted by Crippen LogP contribution is 2.33. The summed E-state index contributed by atoms with van der Waals surface area (Å²) in [5, 5.41) is 0. The summed E-state index contributed by atoms with van der Waals surface area (Å²) in [6.45, 7) is 9.00. The number of nitrogens with zero attached hydrogens (tertiary/aromatic N) is 2. The van der Waals surface area contributed by atoms with E-state index < -0.39 is 21.8 Å². The first-order chi connectivity index (χ1) is 12.4. The second kappa shape index (κ2) is 8.46. The molecule has 1 atom stereocenters. The van der Waals surface area contributed by atoms with E-state index in [0.29, 0.717) is 6.07 Å². The summed E-state index contributed by atoms with van der Waals surface area (Å²) < 4.78 is 66.9. The molecule has 1 fully saturated rings. The van der Waals surface area contributed by atoms with Gasteiger partial charge in [0.1, 0.15) is 0 Å². The predicted molar refractivity (Wildman–Crippen MR) is 99.1 cm³/mol. The minimum atomic E-state index is -4.59. The normalized spacial score (nSPS) is 18.8. The monoisotopic (exact) mass is 407 g/mol. The Morgan fingerprint density at radius 2 is 1.74 bits per heavy atom. The van der Waals surface area contributed by atoms with Crippen molar-refractivity contribution in [2.24, 2.45) is 5.92 Å². The summed E-state index contributed by atoms with van der Waals surface area (Å²) in [6.07, 6.45) is -4.59. The molecule has 1 N–H and O–H groups in total. The Morgan fingerprint density at radius 3 is 2.26 bits per heavy atom. The molecule has 0 saturated carbocycles. The standard InChI is InChI=1S/C18H28F3N3O2S/c1-13(2)17(24-9-7-23(4)8-10-24)12-22-27(25,26)15-6-5-14(3)16(11-15)18(19,20)21/h5-6,11,13,17,22H,7-10,12H2,1-4H3. The lowest BCUT2D eigenvalue weighted by Gasteiger charge is -2.39. The van der Waals surface area contributed by atoms with Crippen LogP contribution < -0.4 is 4.72 Å². The molecule has 0 amide bonds. The number of alkyl halides is 3. The average molecular weight is 408 g/mol. The number of benzene rings is 1. The van der Waals surface area contributed by atoms with Gasteiger partial charge in [-0.05, 0) is 37.6 Å².